The summed E-state index contributed by atoms with van der Waals surface area (Å²) in [5.74, 6) is 0.414. The lowest BCUT2D eigenvalue weighted by Crippen LogP contribution is -2.02. The van der Waals surface area contributed by atoms with E-state index in [0.29, 0.717) is 27.2 Å². The van der Waals surface area contributed by atoms with Gasteiger partial charge in [0.1, 0.15) is 17.5 Å². The van der Waals surface area contributed by atoms with E-state index >= 15 is 0 Å². The van der Waals surface area contributed by atoms with Gasteiger partial charge in [-0.2, -0.15) is 0 Å². The number of aromatic nitrogens is 1. The number of ether oxygens (including phenoxy) is 1. The monoisotopic (exact) mass is 312 g/mol. The number of hydrogen-bond acceptors (Lipinski definition) is 4. The van der Waals surface area contributed by atoms with Crippen LogP contribution in [-0.4, -0.2) is 9.91 Å². The van der Waals surface area contributed by atoms with Crippen molar-refractivity contribution in [1.82, 2.24) is 4.98 Å². The number of rotatable bonds is 4. The summed E-state index contributed by atoms with van der Waals surface area (Å²) < 4.78 is 5.54. The van der Waals surface area contributed by atoms with Crippen molar-refractivity contribution < 1.29 is 9.66 Å². The van der Waals surface area contributed by atoms with Gasteiger partial charge in [-0.25, -0.2) is 4.98 Å². The van der Waals surface area contributed by atoms with Crippen molar-refractivity contribution in [2.45, 2.75) is 13.5 Å². The zero-order valence-electron chi connectivity index (χ0n) is 10.5. The van der Waals surface area contributed by atoms with E-state index in [1.165, 1.54) is 6.07 Å². The molecule has 2 rings (SSSR count). The van der Waals surface area contributed by atoms with E-state index < -0.39 is 4.92 Å². The average Bonchev–Trinajstić information content (AvgIpc) is 2.41. The minimum Gasteiger partial charge on any atom is -0.487 e. The molecule has 0 aliphatic rings. The number of nitro benzene ring substituents is 1. The van der Waals surface area contributed by atoms with Crippen LogP contribution in [0.4, 0.5) is 5.69 Å². The summed E-state index contributed by atoms with van der Waals surface area (Å²) in [6, 6.07) is 7.84. The van der Waals surface area contributed by atoms with E-state index in [0.717, 1.165) is 0 Å². The molecule has 20 heavy (non-hydrogen) atoms. The molecular weight excluding hydrogens is 303 g/mol. The number of nitro groups is 1. The Morgan fingerprint density at radius 1 is 1.30 bits per heavy atom. The fourth-order valence-corrected chi connectivity index (χ4v) is 1.99. The summed E-state index contributed by atoms with van der Waals surface area (Å²) in [5.41, 5.74) is 0.938. The first-order valence-electron chi connectivity index (χ1n) is 5.66. The van der Waals surface area contributed by atoms with Crippen molar-refractivity contribution in [1.29, 1.82) is 0 Å². The van der Waals surface area contributed by atoms with Gasteiger partial charge < -0.3 is 4.74 Å². The smallest absolute Gasteiger partial charge is 0.276 e. The number of nitrogens with zero attached hydrogens (tertiary/aromatic N) is 2. The third-order valence-electron chi connectivity index (χ3n) is 2.70. The van der Waals surface area contributed by atoms with Gasteiger partial charge in [-0.3, -0.25) is 10.1 Å². The minimum atomic E-state index is -0.452. The van der Waals surface area contributed by atoms with Crippen LogP contribution in [0.1, 0.15) is 11.3 Å². The lowest BCUT2D eigenvalue weighted by molar-refractivity contribution is -0.385. The Balaban J connectivity index is 2.21. The van der Waals surface area contributed by atoms with Crippen LogP contribution in [0.15, 0.2) is 30.3 Å². The van der Waals surface area contributed by atoms with E-state index in [2.05, 4.69) is 4.98 Å². The maximum Gasteiger partial charge on any atom is 0.276 e. The molecule has 1 aromatic carbocycles. The van der Waals surface area contributed by atoms with E-state index in [1.807, 2.05) is 0 Å². The standard InChI is InChI=1S/C13H10Cl2N2O3/c1-8-11(17(18)19)3-2-4-12(8)20-7-10-9(14)5-6-13(15)16-10/h2-6H,7H2,1H3. The fourth-order valence-electron chi connectivity index (χ4n) is 1.66. The molecule has 5 nitrogen and oxygen atoms in total. The van der Waals surface area contributed by atoms with Crippen LogP contribution in [-0.2, 0) is 6.61 Å². The highest BCUT2D eigenvalue weighted by Crippen LogP contribution is 2.28. The molecule has 0 amide bonds. The van der Waals surface area contributed by atoms with Crippen LogP contribution in [0.5, 0.6) is 5.75 Å². The zero-order valence-corrected chi connectivity index (χ0v) is 12.0. The van der Waals surface area contributed by atoms with Gasteiger partial charge in [0, 0.05) is 6.07 Å². The molecule has 0 aliphatic carbocycles. The summed E-state index contributed by atoms with van der Waals surface area (Å²) in [4.78, 5) is 14.4. The summed E-state index contributed by atoms with van der Waals surface area (Å²) >= 11 is 11.8. The Hall–Kier alpha value is -1.85. The Kier molecular flexibility index (Phi) is 4.42. The van der Waals surface area contributed by atoms with Gasteiger partial charge in [-0.15, -0.1) is 0 Å². The molecule has 0 saturated carbocycles. The Morgan fingerprint density at radius 2 is 2.05 bits per heavy atom. The maximum absolute atomic E-state index is 10.8. The molecule has 0 atom stereocenters. The van der Waals surface area contributed by atoms with Crippen LogP contribution < -0.4 is 4.74 Å². The average molecular weight is 313 g/mol. The predicted molar refractivity (Wildman–Crippen MR) is 76.4 cm³/mol. The predicted octanol–water partition coefficient (Wildman–Crippen LogP) is 4.18. The lowest BCUT2D eigenvalue weighted by atomic mass is 10.2. The van der Waals surface area contributed by atoms with Crippen molar-refractivity contribution in [3.63, 3.8) is 0 Å². The molecule has 0 saturated heterocycles. The molecule has 1 heterocycles. The van der Waals surface area contributed by atoms with Crippen molar-refractivity contribution >= 4 is 28.9 Å². The highest BCUT2D eigenvalue weighted by Gasteiger charge is 2.14. The number of halogens is 2. The molecule has 0 radical (unpaired) electrons. The second-order valence-electron chi connectivity index (χ2n) is 4.01. The van der Waals surface area contributed by atoms with E-state index in [1.54, 1.807) is 31.2 Å². The lowest BCUT2D eigenvalue weighted by Gasteiger charge is -2.09. The molecule has 0 bridgehead atoms. The zero-order chi connectivity index (χ0) is 14.7. The summed E-state index contributed by atoms with van der Waals surface area (Å²) in [6.45, 7) is 1.71. The first-order chi connectivity index (χ1) is 9.49. The molecule has 7 heteroatoms. The minimum absolute atomic E-state index is 0.00708. The molecular formula is C13H10Cl2N2O3. The third kappa shape index (κ3) is 3.18. The van der Waals surface area contributed by atoms with Crippen LogP contribution in [0.2, 0.25) is 10.2 Å². The molecule has 0 unspecified atom stereocenters. The van der Waals surface area contributed by atoms with Crippen LogP contribution in [0.3, 0.4) is 0 Å². The second-order valence-corrected chi connectivity index (χ2v) is 4.80. The summed E-state index contributed by atoms with van der Waals surface area (Å²) in [6.07, 6.45) is 0. The maximum atomic E-state index is 10.8. The summed E-state index contributed by atoms with van der Waals surface area (Å²) in [7, 11) is 0. The van der Waals surface area contributed by atoms with E-state index in [-0.39, 0.29) is 12.3 Å². The Labute approximate surface area is 125 Å². The summed E-state index contributed by atoms with van der Waals surface area (Å²) in [5, 5.41) is 11.6. The number of hydrogen-bond donors (Lipinski definition) is 0. The van der Waals surface area contributed by atoms with E-state index in [9.17, 15) is 10.1 Å². The number of benzene rings is 1. The van der Waals surface area contributed by atoms with Crippen molar-refractivity contribution in [2.24, 2.45) is 0 Å². The molecule has 1 aromatic heterocycles. The SMILES string of the molecule is Cc1c(OCc2nc(Cl)ccc2Cl)cccc1[N+](=O)[O-]. The fraction of sp³-hybridized carbons (Fsp3) is 0.154. The molecule has 0 N–H and O–H groups in total. The second kappa shape index (κ2) is 6.07. The van der Waals surface area contributed by atoms with Gasteiger partial charge in [0.25, 0.3) is 5.69 Å². The van der Waals surface area contributed by atoms with Crippen LogP contribution in [0, 0.1) is 17.0 Å². The van der Waals surface area contributed by atoms with Gasteiger partial charge in [0.05, 0.1) is 21.2 Å². The van der Waals surface area contributed by atoms with Gasteiger partial charge in [0.15, 0.2) is 0 Å². The van der Waals surface area contributed by atoms with Gasteiger partial charge in [-0.05, 0) is 25.1 Å². The topological polar surface area (TPSA) is 65.3 Å². The van der Waals surface area contributed by atoms with Crippen molar-refractivity contribution in [3.8, 4) is 5.75 Å². The van der Waals surface area contributed by atoms with Gasteiger partial charge >= 0.3 is 0 Å². The first kappa shape index (κ1) is 14.6. The number of pyridine rings is 1. The molecule has 0 aliphatic heterocycles. The Bertz CT molecular complexity index is 662. The molecule has 2 aromatic rings. The van der Waals surface area contributed by atoms with E-state index in [4.69, 9.17) is 27.9 Å². The van der Waals surface area contributed by atoms with Crippen LogP contribution in [0.25, 0.3) is 0 Å². The van der Waals surface area contributed by atoms with Crippen molar-refractivity contribution in [2.75, 3.05) is 0 Å². The van der Waals surface area contributed by atoms with Gasteiger partial charge in [0.2, 0.25) is 0 Å². The molecule has 104 valence electrons. The highest BCUT2D eigenvalue weighted by molar-refractivity contribution is 6.32. The largest absolute Gasteiger partial charge is 0.487 e. The molecule has 0 spiro atoms. The van der Waals surface area contributed by atoms with Crippen LogP contribution >= 0.6 is 23.2 Å². The van der Waals surface area contributed by atoms with Gasteiger partial charge in [-0.1, -0.05) is 29.3 Å². The Morgan fingerprint density at radius 3 is 2.75 bits per heavy atom. The van der Waals surface area contributed by atoms with Crippen molar-refractivity contribution in [3.05, 3.63) is 61.9 Å². The molecule has 0 fully saturated rings. The highest BCUT2D eigenvalue weighted by atomic mass is 35.5. The quantitative estimate of drug-likeness (QED) is 0.482. The first-order valence-corrected chi connectivity index (χ1v) is 6.42. The third-order valence-corrected chi connectivity index (χ3v) is 3.26. The normalized spacial score (nSPS) is 10.3.